The molecule has 1 fully saturated rings. The molecular weight excluding hydrogens is 462 g/mol. The van der Waals surface area contributed by atoms with Crippen molar-refractivity contribution in [3.05, 3.63) is 59.7 Å². The van der Waals surface area contributed by atoms with E-state index in [1.807, 2.05) is 30.3 Å². The third kappa shape index (κ3) is 5.81. The van der Waals surface area contributed by atoms with Gasteiger partial charge in [0.15, 0.2) is 4.34 Å². The molecule has 2 amide bonds. The first-order chi connectivity index (χ1) is 15.5. The highest BCUT2D eigenvalue weighted by molar-refractivity contribution is 8.00. The number of hydrogen-bond acceptors (Lipinski definition) is 8. The molecule has 0 spiro atoms. The molecule has 1 aliphatic heterocycles. The smallest absolute Gasteiger partial charge is 0.269 e. The van der Waals surface area contributed by atoms with Crippen LogP contribution >= 0.6 is 34.9 Å². The van der Waals surface area contributed by atoms with Crippen molar-refractivity contribution in [2.75, 3.05) is 5.75 Å². The van der Waals surface area contributed by atoms with Gasteiger partial charge in [0, 0.05) is 28.6 Å². The Morgan fingerprint density at radius 2 is 1.75 bits per heavy atom. The number of benzene rings is 2. The minimum Gasteiger partial charge on any atom is -0.272 e. The van der Waals surface area contributed by atoms with Crippen molar-refractivity contribution < 1.29 is 9.59 Å². The Bertz CT molecular complexity index is 1050. The Labute approximate surface area is 199 Å². The molecule has 0 aliphatic carbocycles. The topological polar surface area (TPSA) is 95.1 Å². The van der Waals surface area contributed by atoms with E-state index in [4.69, 9.17) is 0 Å². The fraction of sp³-hybridized carbons (Fsp3) is 0.318. The zero-order chi connectivity index (χ0) is 22.5. The molecule has 168 valence electrons. The van der Waals surface area contributed by atoms with E-state index < -0.39 is 0 Å². The number of fused-ring (bicyclic) bond motifs is 1. The summed E-state index contributed by atoms with van der Waals surface area (Å²) in [5.74, 6) is 0.501. The second-order valence-corrected chi connectivity index (χ2v) is 11.0. The molecule has 2 heterocycles. The molecule has 2 aromatic carbocycles. The van der Waals surface area contributed by atoms with Crippen molar-refractivity contribution in [3.63, 3.8) is 0 Å². The molecular formula is C22H25N5O2S3. The van der Waals surface area contributed by atoms with Gasteiger partial charge < -0.3 is 0 Å². The number of carbonyl (C=O) groups is 2. The van der Waals surface area contributed by atoms with Gasteiger partial charge in [-0.3, -0.25) is 31.3 Å². The molecule has 0 saturated carbocycles. The van der Waals surface area contributed by atoms with Crippen LogP contribution in [0, 0.1) is 0 Å². The molecule has 7 nitrogen and oxygen atoms in total. The van der Waals surface area contributed by atoms with E-state index in [1.165, 1.54) is 4.70 Å². The molecule has 4 rings (SSSR count). The summed E-state index contributed by atoms with van der Waals surface area (Å²) in [6.45, 7) is 4.16. The van der Waals surface area contributed by atoms with Crippen molar-refractivity contribution in [1.29, 1.82) is 0 Å². The van der Waals surface area contributed by atoms with Gasteiger partial charge in [-0.2, -0.15) is 0 Å². The first-order valence-corrected chi connectivity index (χ1v) is 13.1. The molecule has 0 radical (unpaired) electrons. The van der Waals surface area contributed by atoms with E-state index in [2.05, 4.69) is 46.6 Å². The van der Waals surface area contributed by atoms with Gasteiger partial charge in [0.25, 0.3) is 5.91 Å². The number of carbonyl (C=O) groups excluding carboxylic acids is 2. The largest absolute Gasteiger partial charge is 0.272 e. The third-order valence-electron chi connectivity index (χ3n) is 5.10. The highest BCUT2D eigenvalue weighted by atomic mass is 32.2. The minimum absolute atomic E-state index is 0.224. The molecule has 0 bridgehead atoms. The average molecular weight is 488 g/mol. The Balaban J connectivity index is 1.21. The maximum Gasteiger partial charge on any atom is 0.269 e. The summed E-state index contributed by atoms with van der Waals surface area (Å²) in [5, 5.41) is 0.296. The molecule has 1 aromatic heterocycles. The summed E-state index contributed by atoms with van der Waals surface area (Å²) in [4.78, 5) is 29.1. The molecule has 3 aromatic rings. The lowest BCUT2D eigenvalue weighted by molar-refractivity contribution is -0.119. The number of amides is 2. The van der Waals surface area contributed by atoms with Gasteiger partial charge in [0.05, 0.1) is 16.0 Å². The van der Waals surface area contributed by atoms with Crippen LogP contribution in [0.3, 0.4) is 0 Å². The zero-order valence-corrected chi connectivity index (χ0v) is 20.2. The van der Waals surface area contributed by atoms with Crippen LogP contribution in [-0.4, -0.2) is 39.9 Å². The number of nitrogens with zero attached hydrogens (tertiary/aromatic N) is 1. The van der Waals surface area contributed by atoms with Crippen LogP contribution in [-0.2, 0) is 10.5 Å². The molecule has 4 N–H and O–H groups in total. The Hall–Kier alpha value is -2.11. The highest BCUT2D eigenvalue weighted by Crippen LogP contribution is 2.31. The van der Waals surface area contributed by atoms with Crippen LogP contribution in [0.15, 0.2) is 52.9 Å². The summed E-state index contributed by atoms with van der Waals surface area (Å²) >= 11 is 4.93. The van der Waals surface area contributed by atoms with Gasteiger partial charge in [-0.15, -0.1) is 23.1 Å². The molecule has 1 aliphatic rings. The van der Waals surface area contributed by atoms with Gasteiger partial charge in [-0.05, 0) is 43.7 Å². The lowest BCUT2D eigenvalue weighted by Gasteiger charge is -2.17. The van der Waals surface area contributed by atoms with Gasteiger partial charge in [-0.1, -0.05) is 36.0 Å². The first kappa shape index (κ1) is 23.1. The lowest BCUT2D eigenvalue weighted by Crippen LogP contribution is -2.43. The second kappa shape index (κ2) is 10.7. The van der Waals surface area contributed by atoms with E-state index in [1.54, 1.807) is 47.0 Å². The van der Waals surface area contributed by atoms with Gasteiger partial charge in [0.1, 0.15) is 0 Å². The number of hydrogen-bond donors (Lipinski definition) is 4. The highest BCUT2D eigenvalue weighted by Gasteiger charge is 2.30. The van der Waals surface area contributed by atoms with Crippen LogP contribution in [0.5, 0.6) is 0 Å². The number of thioether (sulfide) groups is 2. The Morgan fingerprint density at radius 3 is 2.47 bits per heavy atom. The first-order valence-electron chi connectivity index (χ1n) is 10.3. The molecule has 10 heteroatoms. The molecule has 32 heavy (non-hydrogen) atoms. The number of para-hydroxylation sites is 1. The van der Waals surface area contributed by atoms with Crippen molar-refractivity contribution in [2.45, 2.75) is 41.3 Å². The minimum atomic E-state index is -0.334. The normalized spacial score (nSPS) is 20.4. The monoisotopic (exact) mass is 487 g/mol. The van der Waals surface area contributed by atoms with E-state index >= 15 is 0 Å². The van der Waals surface area contributed by atoms with E-state index in [0.717, 1.165) is 21.2 Å². The summed E-state index contributed by atoms with van der Waals surface area (Å²) in [6, 6.07) is 16.1. The summed E-state index contributed by atoms with van der Waals surface area (Å²) < 4.78 is 2.21. The Morgan fingerprint density at radius 1 is 1.03 bits per heavy atom. The summed E-state index contributed by atoms with van der Waals surface area (Å²) in [6.07, 6.45) is 0. The zero-order valence-electron chi connectivity index (χ0n) is 17.8. The van der Waals surface area contributed by atoms with Crippen LogP contribution in [0.2, 0.25) is 0 Å². The van der Waals surface area contributed by atoms with Crippen LogP contribution < -0.4 is 21.7 Å². The fourth-order valence-corrected chi connectivity index (χ4v) is 6.52. The standard InChI is InChI=1S/C22H25N5O2S3/c1-13-20(14(2)25-24-13)30-12-19(28)26-27-21(29)16-9-7-15(8-10-16)11-31-22-23-17-5-3-4-6-18(17)32-22/h3-10,13-14,20,24-25H,11-12H2,1-2H3,(H,26,28)(H,27,29). The Kier molecular flexibility index (Phi) is 7.69. The van der Waals surface area contributed by atoms with E-state index in [9.17, 15) is 9.59 Å². The maximum atomic E-state index is 12.3. The maximum absolute atomic E-state index is 12.3. The number of nitrogens with one attached hydrogen (secondary N) is 4. The van der Waals surface area contributed by atoms with E-state index in [-0.39, 0.29) is 29.7 Å². The molecule has 2 unspecified atom stereocenters. The van der Waals surface area contributed by atoms with Crippen molar-refractivity contribution in [2.24, 2.45) is 0 Å². The third-order valence-corrected chi connectivity index (χ3v) is 8.98. The predicted octanol–water partition coefficient (Wildman–Crippen LogP) is 3.34. The quantitative estimate of drug-likeness (QED) is 0.300. The van der Waals surface area contributed by atoms with Crippen molar-refractivity contribution in [1.82, 2.24) is 26.7 Å². The predicted molar refractivity (Wildman–Crippen MR) is 133 cm³/mol. The van der Waals surface area contributed by atoms with E-state index in [0.29, 0.717) is 10.8 Å². The number of hydrazine groups is 2. The van der Waals surface area contributed by atoms with Crippen molar-refractivity contribution >= 4 is 56.9 Å². The number of thiazole rings is 1. The van der Waals surface area contributed by atoms with Crippen molar-refractivity contribution in [3.8, 4) is 0 Å². The lowest BCUT2D eigenvalue weighted by atomic mass is 10.1. The SMILES string of the molecule is CC1NNC(C)C1SCC(=O)NNC(=O)c1ccc(CSc2nc3ccccc3s2)cc1. The van der Waals surface area contributed by atoms with Gasteiger partial charge >= 0.3 is 0 Å². The fourth-order valence-electron chi connectivity index (χ4n) is 3.37. The summed E-state index contributed by atoms with van der Waals surface area (Å²) in [7, 11) is 0. The van der Waals surface area contributed by atoms with Crippen LogP contribution in [0.1, 0.15) is 29.8 Å². The number of rotatable bonds is 7. The van der Waals surface area contributed by atoms with Gasteiger partial charge in [-0.25, -0.2) is 4.98 Å². The summed E-state index contributed by atoms with van der Waals surface area (Å²) in [5.41, 5.74) is 13.9. The number of aromatic nitrogens is 1. The second-order valence-electron chi connectivity index (χ2n) is 7.58. The molecule has 1 saturated heterocycles. The van der Waals surface area contributed by atoms with Crippen LogP contribution in [0.4, 0.5) is 0 Å². The van der Waals surface area contributed by atoms with Crippen LogP contribution in [0.25, 0.3) is 10.2 Å². The average Bonchev–Trinajstić information content (AvgIpc) is 3.37. The van der Waals surface area contributed by atoms with Gasteiger partial charge in [0.2, 0.25) is 5.91 Å². The molecule has 2 atom stereocenters.